The number of hydrogen-bond donors (Lipinski definition) is 3. The molecular weight excluding hydrogens is 484 g/mol. The van der Waals surface area contributed by atoms with Crippen LogP contribution in [0.1, 0.15) is 34.2 Å². The number of amides is 1. The van der Waals surface area contributed by atoms with Gasteiger partial charge in [0.15, 0.2) is 11.4 Å². The number of benzene rings is 2. The molecule has 4 aromatic rings. The number of hydrogen-bond acceptors (Lipinski definition) is 6. The Bertz CT molecular complexity index is 1400. The minimum Gasteiger partial charge on any atom is -0.491 e. The lowest BCUT2D eigenvalue weighted by Crippen LogP contribution is -2.46. The highest BCUT2D eigenvalue weighted by molar-refractivity contribution is 5.95. The molecule has 1 unspecified atom stereocenters. The average molecular weight is 512 g/mol. The third-order valence-corrected chi connectivity index (χ3v) is 5.97. The molecule has 1 amide bonds. The summed E-state index contributed by atoms with van der Waals surface area (Å²) in [4.78, 5) is 17.9. The van der Waals surface area contributed by atoms with Gasteiger partial charge in [0.2, 0.25) is 0 Å². The van der Waals surface area contributed by atoms with E-state index >= 15 is 0 Å². The highest BCUT2D eigenvalue weighted by Crippen LogP contribution is 2.27. The smallest absolute Gasteiger partial charge is 0.270 e. The number of carbonyl (C=O) groups is 1. The fraction of sp³-hybridized carbons (Fsp3) is 0.259. The van der Waals surface area contributed by atoms with Gasteiger partial charge in [-0.1, -0.05) is 18.2 Å². The third kappa shape index (κ3) is 5.40. The Morgan fingerprint density at radius 1 is 1.08 bits per heavy atom. The van der Waals surface area contributed by atoms with Crippen LogP contribution < -0.4 is 14.8 Å². The summed E-state index contributed by atoms with van der Waals surface area (Å²) in [5.74, 6) is -1.22. The number of fused-ring (bicyclic) bond motifs is 1. The van der Waals surface area contributed by atoms with E-state index in [1.165, 1.54) is 10.5 Å². The van der Waals surface area contributed by atoms with E-state index in [-0.39, 0.29) is 36.8 Å². The Labute approximate surface area is 212 Å². The van der Waals surface area contributed by atoms with Crippen LogP contribution in [0.4, 0.5) is 8.78 Å². The topological polar surface area (TPSA) is 105 Å². The van der Waals surface area contributed by atoms with Gasteiger partial charge in [-0.05, 0) is 55.8 Å². The van der Waals surface area contributed by atoms with Crippen LogP contribution in [0.2, 0.25) is 0 Å². The summed E-state index contributed by atoms with van der Waals surface area (Å²) in [5, 5.41) is 22.1. The second-order valence-electron chi connectivity index (χ2n) is 8.65. The maximum absolute atomic E-state index is 14.0. The van der Waals surface area contributed by atoms with E-state index in [1.807, 2.05) is 0 Å². The van der Waals surface area contributed by atoms with Crippen LogP contribution in [0.25, 0.3) is 5.65 Å². The number of aryl methyl sites for hydroxylation is 1. The molecule has 0 saturated heterocycles. The lowest BCUT2D eigenvalue weighted by atomic mass is 9.92. The van der Waals surface area contributed by atoms with Crippen LogP contribution in [0.5, 0.6) is 11.5 Å². The Balaban J connectivity index is 1.61. The summed E-state index contributed by atoms with van der Waals surface area (Å²) in [7, 11) is 0. The van der Waals surface area contributed by atoms with Gasteiger partial charge in [-0.15, -0.1) is 0 Å². The van der Waals surface area contributed by atoms with Crippen LogP contribution in [0.3, 0.4) is 0 Å². The SMILES string of the molecule is Cc1nc2c(OCc3c(F)cccc3F)cccn2c1C(=O)NC(C)(CO)c1cccc(OCCO)c1. The van der Waals surface area contributed by atoms with E-state index < -0.39 is 29.7 Å². The number of nitrogens with one attached hydrogen (secondary N) is 1. The number of aliphatic hydroxyl groups excluding tert-OH is 2. The molecule has 37 heavy (non-hydrogen) atoms. The maximum Gasteiger partial charge on any atom is 0.270 e. The molecule has 0 bridgehead atoms. The van der Waals surface area contributed by atoms with Crippen LogP contribution in [-0.4, -0.2) is 45.3 Å². The number of pyridine rings is 1. The van der Waals surface area contributed by atoms with Gasteiger partial charge < -0.3 is 25.0 Å². The first kappa shape index (κ1) is 26.1. The Hall–Kier alpha value is -4.02. The fourth-order valence-corrected chi connectivity index (χ4v) is 3.97. The number of aliphatic hydroxyl groups is 2. The van der Waals surface area contributed by atoms with Crippen molar-refractivity contribution in [2.75, 3.05) is 19.8 Å². The molecule has 0 radical (unpaired) electrons. The molecule has 2 aromatic carbocycles. The molecule has 2 heterocycles. The van der Waals surface area contributed by atoms with Crippen molar-refractivity contribution in [3.8, 4) is 11.5 Å². The van der Waals surface area contributed by atoms with Gasteiger partial charge in [-0.2, -0.15) is 0 Å². The second-order valence-corrected chi connectivity index (χ2v) is 8.65. The summed E-state index contributed by atoms with van der Waals surface area (Å²) in [6, 6.07) is 13.7. The van der Waals surface area contributed by atoms with Gasteiger partial charge in [0.25, 0.3) is 5.91 Å². The standard InChI is InChI=1S/C27H27F2N3O5/c1-17-24(26(35)31-27(2,16-34)18-6-3-7-19(14-18)36-13-12-33)32-11-5-10-23(25(32)30-17)37-15-20-21(28)8-4-9-22(20)29/h3-11,14,33-34H,12-13,15-16H2,1-2H3,(H,31,35). The minimum absolute atomic E-state index is 0.112. The number of rotatable bonds is 10. The largest absolute Gasteiger partial charge is 0.491 e. The Kier molecular flexibility index (Phi) is 7.70. The summed E-state index contributed by atoms with van der Waals surface area (Å²) in [6.45, 7) is 2.53. The number of imidazole rings is 1. The van der Waals surface area contributed by atoms with E-state index in [4.69, 9.17) is 14.6 Å². The Morgan fingerprint density at radius 2 is 1.81 bits per heavy atom. The van der Waals surface area contributed by atoms with Gasteiger partial charge in [-0.3, -0.25) is 9.20 Å². The van der Waals surface area contributed by atoms with E-state index in [0.717, 1.165) is 12.1 Å². The number of aromatic nitrogens is 2. The van der Waals surface area contributed by atoms with Crippen LogP contribution in [0.15, 0.2) is 60.8 Å². The summed E-state index contributed by atoms with van der Waals surface area (Å²) in [6.07, 6.45) is 1.63. The van der Waals surface area contributed by atoms with Crippen molar-refractivity contribution in [3.63, 3.8) is 0 Å². The molecular formula is C27H27F2N3O5. The van der Waals surface area contributed by atoms with E-state index in [9.17, 15) is 18.7 Å². The third-order valence-electron chi connectivity index (χ3n) is 5.97. The number of nitrogens with zero attached hydrogens (tertiary/aromatic N) is 2. The Morgan fingerprint density at radius 3 is 2.51 bits per heavy atom. The molecule has 3 N–H and O–H groups in total. The molecule has 2 aromatic heterocycles. The van der Waals surface area contributed by atoms with Crippen molar-refractivity contribution in [2.45, 2.75) is 26.0 Å². The molecule has 0 aliphatic carbocycles. The van der Waals surface area contributed by atoms with Gasteiger partial charge in [0.1, 0.15) is 36.3 Å². The van der Waals surface area contributed by atoms with E-state index in [0.29, 0.717) is 22.7 Å². The van der Waals surface area contributed by atoms with Crippen molar-refractivity contribution in [1.29, 1.82) is 0 Å². The first-order valence-electron chi connectivity index (χ1n) is 11.6. The van der Waals surface area contributed by atoms with Crippen molar-refractivity contribution in [1.82, 2.24) is 14.7 Å². The number of ether oxygens (including phenoxy) is 2. The van der Waals surface area contributed by atoms with Crippen LogP contribution >= 0.6 is 0 Å². The minimum atomic E-state index is -1.16. The first-order chi connectivity index (χ1) is 17.8. The number of halogens is 2. The zero-order valence-electron chi connectivity index (χ0n) is 20.4. The molecule has 1 atom stereocenters. The van der Waals surface area contributed by atoms with Crippen molar-refractivity contribution >= 4 is 11.6 Å². The second kappa shape index (κ2) is 10.9. The van der Waals surface area contributed by atoms with Crippen LogP contribution in [0, 0.1) is 18.6 Å². The van der Waals surface area contributed by atoms with Crippen LogP contribution in [-0.2, 0) is 12.1 Å². The molecule has 0 aliphatic rings. The quantitative estimate of drug-likeness (QED) is 0.301. The molecule has 0 aliphatic heterocycles. The lowest BCUT2D eigenvalue weighted by molar-refractivity contribution is 0.0842. The molecule has 194 valence electrons. The van der Waals surface area contributed by atoms with Crippen molar-refractivity contribution in [3.05, 3.63) is 94.9 Å². The average Bonchev–Trinajstić information content (AvgIpc) is 3.23. The summed E-state index contributed by atoms with van der Waals surface area (Å²) in [5.41, 5.74) is 0.126. The monoisotopic (exact) mass is 511 g/mol. The molecule has 0 saturated carbocycles. The molecule has 0 spiro atoms. The van der Waals surface area contributed by atoms with Gasteiger partial charge >= 0.3 is 0 Å². The van der Waals surface area contributed by atoms with Crippen molar-refractivity contribution in [2.24, 2.45) is 0 Å². The maximum atomic E-state index is 14.0. The summed E-state index contributed by atoms with van der Waals surface area (Å²) >= 11 is 0. The molecule has 0 fully saturated rings. The molecule has 8 nitrogen and oxygen atoms in total. The van der Waals surface area contributed by atoms with Crippen molar-refractivity contribution < 1.29 is 33.3 Å². The highest BCUT2D eigenvalue weighted by Gasteiger charge is 2.31. The van der Waals surface area contributed by atoms with E-state index in [1.54, 1.807) is 56.4 Å². The predicted octanol–water partition coefficient (Wildman–Crippen LogP) is 3.51. The zero-order valence-corrected chi connectivity index (χ0v) is 20.4. The molecule has 10 heteroatoms. The summed E-state index contributed by atoms with van der Waals surface area (Å²) < 4.78 is 40.7. The lowest BCUT2D eigenvalue weighted by Gasteiger charge is -2.29. The van der Waals surface area contributed by atoms with Gasteiger partial charge in [0.05, 0.1) is 30.0 Å². The van der Waals surface area contributed by atoms with E-state index in [2.05, 4.69) is 10.3 Å². The number of carbonyl (C=O) groups excluding carboxylic acids is 1. The normalized spacial score (nSPS) is 12.8. The zero-order chi connectivity index (χ0) is 26.6. The highest BCUT2D eigenvalue weighted by atomic mass is 19.1. The van der Waals surface area contributed by atoms with Gasteiger partial charge in [-0.25, -0.2) is 13.8 Å². The molecule has 4 rings (SSSR count). The van der Waals surface area contributed by atoms with Gasteiger partial charge in [0, 0.05) is 6.20 Å². The predicted molar refractivity (Wildman–Crippen MR) is 132 cm³/mol. The first-order valence-corrected chi connectivity index (χ1v) is 11.6. The fourth-order valence-electron chi connectivity index (χ4n) is 3.97.